The predicted molar refractivity (Wildman–Crippen MR) is 307 cm³/mol. The minimum Gasteiger partial charge on any atom is -0.462 e. The van der Waals surface area contributed by atoms with E-state index in [9.17, 15) is 14.4 Å². The zero-order valence-corrected chi connectivity index (χ0v) is 47.8. The topological polar surface area (TPSA) is 78.9 Å². The molecule has 0 aliphatic rings. The van der Waals surface area contributed by atoms with Crippen molar-refractivity contribution in [2.45, 2.75) is 348 Å². The summed E-state index contributed by atoms with van der Waals surface area (Å²) in [7, 11) is 0. The van der Waals surface area contributed by atoms with E-state index < -0.39 is 6.10 Å². The average molecular weight is 998 g/mol. The molecule has 0 spiro atoms. The van der Waals surface area contributed by atoms with Crippen LogP contribution in [0.2, 0.25) is 0 Å². The molecule has 0 aromatic heterocycles. The fourth-order valence-corrected chi connectivity index (χ4v) is 9.39. The maximum Gasteiger partial charge on any atom is 0.306 e. The van der Waals surface area contributed by atoms with Crippen LogP contribution in [0.3, 0.4) is 0 Å². The van der Waals surface area contributed by atoms with Crippen LogP contribution in [0.4, 0.5) is 0 Å². The lowest BCUT2D eigenvalue weighted by Gasteiger charge is -2.18. The Morgan fingerprint density at radius 1 is 0.282 bits per heavy atom. The Kier molecular flexibility index (Phi) is 58.2. The molecule has 0 radical (unpaired) electrons. The van der Waals surface area contributed by atoms with Crippen LogP contribution in [0, 0.1) is 0 Å². The molecule has 71 heavy (non-hydrogen) atoms. The molecular formula is C65H120O6. The van der Waals surface area contributed by atoms with Crippen molar-refractivity contribution in [2.24, 2.45) is 0 Å². The molecule has 0 rings (SSSR count). The van der Waals surface area contributed by atoms with Gasteiger partial charge in [0.1, 0.15) is 13.2 Å². The summed E-state index contributed by atoms with van der Waals surface area (Å²) < 4.78 is 16.8. The van der Waals surface area contributed by atoms with Crippen molar-refractivity contribution >= 4 is 17.9 Å². The van der Waals surface area contributed by atoms with Crippen LogP contribution in [0.25, 0.3) is 0 Å². The lowest BCUT2D eigenvalue weighted by Crippen LogP contribution is -2.30. The molecule has 416 valence electrons. The van der Waals surface area contributed by atoms with Crippen LogP contribution in [0.15, 0.2) is 36.5 Å². The third-order valence-corrected chi connectivity index (χ3v) is 14.1. The van der Waals surface area contributed by atoms with Gasteiger partial charge in [0.05, 0.1) is 0 Å². The maximum atomic E-state index is 12.8. The SMILES string of the molecule is CCCCC/C=C\C/C=C\C/C=C\CCCCCCCCC(=O)OC(COC(=O)CCCCCCCC)COC(=O)CCCCCCCCCCCCCCCCCCCCCCCCCCCCCC. The second kappa shape index (κ2) is 60.2. The zero-order valence-electron chi connectivity index (χ0n) is 47.8. The van der Waals surface area contributed by atoms with E-state index in [1.54, 1.807) is 0 Å². The lowest BCUT2D eigenvalue weighted by atomic mass is 10.0. The third-order valence-electron chi connectivity index (χ3n) is 14.1. The van der Waals surface area contributed by atoms with Crippen molar-refractivity contribution in [3.63, 3.8) is 0 Å². The number of ether oxygens (including phenoxy) is 3. The number of rotatable bonds is 58. The van der Waals surface area contributed by atoms with Crippen molar-refractivity contribution in [3.8, 4) is 0 Å². The summed E-state index contributed by atoms with van der Waals surface area (Å²) in [6.45, 7) is 6.59. The van der Waals surface area contributed by atoms with Crippen molar-refractivity contribution in [1.29, 1.82) is 0 Å². The molecule has 0 aromatic rings. The van der Waals surface area contributed by atoms with E-state index in [1.165, 1.54) is 225 Å². The van der Waals surface area contributed by atoms with Crippen LogP contribution in [0.1, 0.15) is 342 Å². The molecule has 1 atom stereocenters. The Bertz CT molecular complexity index is 1190. The van der Waals surface area contributed by atoms with E-state index >= 15 is 0 Å². The molecular weight excluding hydrogens is 877 g/mol. The van der Waals surface area contributed by atoms with E-state index in [1.807, 2.05) is 0 Å². The van der Waals surface area contributed by atoms with Gasteiger partial charge in [-0.15, -0.1) is 0 Å². The van der Waals surface area contributed by atoms with E-state index in [0.717, 1.165) is 77.0 Å². The largest absolute Gasteiger partial charge is 0.462 e. The van der Waals surface area contributed by atoms with Gasteiger partial charge >= 0.3 is 17.9 Å². The van der Waals surface area contributed by atoms with Gasteiger partial charge in [-0.2, -0.15) is 0 Å². The molecule has 0 saturated carbocycles. The van der Waals surface area contributed by atoms with E-state index in [2.05, 4.69) is 57.2 Å². The zero-order chi connectivity index (χ0) is 51.4. The highest BCUT2D eigenvalue weighted by molar-refractivity contribution is 5.71. The molecule has 0 saturated heterocycles. The van der Waals surface area contributed by atoms with Crippen molar-refractivity contribution in [1.82, 2.24) is 0 Å². The Balaban J connectivity index is 4.02. The van der Waals surface area contributed by atoms with Crippen LogP contribution in [-0.2, 0) is 28.6 Å². The molecule has 0 aliphatic carbocycles. The minimum atomic E-state index is -0.774. The van der Waals surface area contributed by atoms with Gasteiger partial charge in [-0.05, 0) is 57.8 Å². The van der Waals surface area contributed by atoms with Gasteiger partial charge in [-0.25, -0.2) is 0 Å². The fraction of sp³-hybridized carbons (Fsp3) is 0.862. The highest BCUT2D eigenvalue weighted by Gasteiger charge is 2.19. The highest BCUT2D eigenvalue weighted by atomic mass is 16.6. The van der Waals surface area contributed by atoms with Gasteiger partial charge in [-0.3, -0.25) is 14.4 Å². The van der Waals surface area contributed by atoms with Gasteiger partial charge < -0.3 is 14.2 Å². The van der Waals surface area contributed by atoms with E-state index in [-0.39, 0.29) is 31.1 Å². The molecule has 0 fully saturated rings. The number of hydrogen-bond acceptors (Lipinski definition) is 6. The first kappa shape index (κ1) is 68.6. The smallest absolute Gasteiger partial charge is 0.306 e. The van der Waals surface area contributed by atoms with Gasteiger partial charge in [0.2, 0.25) is 0 Å². The first-order chi connectivity index (χ1) is 35.0. The van der Waals surface area contributed by atoms with E-state index in [0.29, 0.717) is 19.3 Å². The van der Waals surface area contributed by atoms with Gasteiger partial charge in [-0.1, -0.05) is 301 Å². The molecule has 0 heterocycles. The summed E-state index contributed by atoms with van der Waals surface area (Å²) in [6.07, 6.45) is 73.4. The van der Waals surface area contributed by atoms with Gasteiger partial charge in [0.15, 0.2) is 6.10 Å². The Hall–Kier alpha value is -2.37. The number of hydrogen-bond donors (Lipinski definition) is 0. The second-order valence-corrected chi connectivity index (χ2v) is 21.3. The molecule has 0 bridgehead atoms. The summed E-state index contributed by atoms with van der Waals surface area (Å²) in [5, 5.41) is 0. The van der Waals surface area contributed by atoms with Crippen LogP contribution in [-0.4, -0.2) is 37.2 Å². The summed E-state index contributed by atoms with van der Waals surface area (Å²) in [6, 6.07) is 0. The second-order valence-electron chi connectivity index (χ2n) is 21.3. The quantitative estimate of drug-likeness (QED) is 0.0261. The summed E-state index contributed by atoms with van der Waals surface area (Å²) in [5.41, 5.74) is 0. The van der Waals surface area contributed by atoms with Crippen molar-refractivity contribution in [2.75, 3.05) is 13.2 Å². The summed E-state index contributed by atoms with van der Waals surface area (Å²) >= 11 is 0. The number of allylic oxidation sites excluding steroid dienone is 6. The van der Waals surface area contributed by atoms with Gasteiger partial charge in [0.25, 0.3) is 0 Å². The van der Waals surface area contributed by atoms with Crippen LogP contribution < -0.4 is 0 Å². The standard InChI is InChI=1S/C65H120O6/c1-4-7-10-13-16-18-20-22-24-26-28-29-30-31-32-33-34-35-36-38-39-41-43-45-47-49-52-55-58-64(67)70-61-62(60-69-63(66)57-54-51-15-12-9-6-3)71-65(68)59-56-53-50-48-46-44-42-40-37-27-25-23-21-19-17-14-11-8-5-2/h17,19,23,25,37,40,62H,4-16,18,20-22,24,26-36,38-39,41-61H2,1-3H3/b19-17-,25-23-,40-37-. The van der Waals surface area contributed by atoms with Crippen LogP contribution >= 0.6 is 0 Å². The Labute approximate surface area is 442 Å². The summed E-state index contributed by atoms with van der Waals surface area (Å²) in [5.74, 6) is -0.878. The molecule has 6 nitrogen and oxygen atoms in total. The van der Waals surface area contributed by atoms with Crippen molar-refractivity contribution in [3.05, 3.63) is 36.5 Å². The Morgan fingerprint density at radius 3 is 0.817 bits per heavy atom. The number of unbranched alkanes of at least 4 members (excludes halogenated alkanes) is 41. The number of carbonyl (C=O) groups excluding carboxylic acids is 3. The highest BCUT2D eigenvalue weighted by Crippen LogP contribution is 2.18. The van der Waals surface area contributed by atoms with Crippen LogP contribution in [0.5, 0.6) is 0 Å². The maximum absolute atomic E-state index is 12.8. The molecule has 1 unspecified atom stereocenters. The first-order valence-corrected chi connectivity index (χ1v) is 31.5. The predicted octanol–water partition coefficient (Wildman–Crippen LogP) is 21.2. The summed E-state index contributed by atoms with van der Waals surface area (Å²) in [4.78, 5) is 37.9. The van der Waals surface area contributed by atoms with E-state index in [4.69, 9.17) is 14.2 Å². The Morgan fingerprint density at radius 2 is 0.507 bits per heavy atom. The third kappa shape index (κ3) is 58.4. The molecule has 0 aromatic carbocycles. The average Bonchev–Trinajstić information content (AvgIpc) is 3.37. The van der Waals surface area contributed by atoms with Gasteiger partial charge in [0, 0.05) is 19.3 Å². The molecule has 0 amide bonds. The fourth-order valence-electron chi connectivity index (χ4n) is 9.39. The first-order valence-electron chi connectivity index (χ1n) is 31.5. The lowest BCUT2D eigenvalue weighted by molar-refractivity contribution is -0.167. The monoisotopic (exact) mass is 997 g/mol. The number of esters is 3. The number of carbonyl (C=O) groups is 3. The minimum absolute atomic E-state index is 0.0737. The molecule has 0 N–H and O–H groups in total. The molecule has 6 heteroatoms. The van der Waals surface area contributed by atoms with Crippen molar-refractivity contribution < 1.29 is 28.6 Å². The normalized spacial score (nSPS) is 12.2. The molecule has 0 aliphatic heterocycles.